The Bertz CT molecular complexity index is 988. The summed E-state index contributed by atoms with van der Waals surface area (Å²) in [5, 5.41) is 6.42. The van der Waals surface area contributed by atoms with E-state index in [1.165, 1.54) is 4.57 Å². The van der Waals surface area contributed by atoms with E-state index in [0.717, 1.165) is 5.56 Å². The summed E-state index contributed by atoms with van der Waals surface area (Å²) in [6.45, 7) is 6.01. The summed E-state index contributed by atoms with van der Waals surface area (Å²) in [7, 11) is 0. The Morgan fingerprint density at radius 3 is 2.38 bits per heavy atom. The third kappa shape index (κ3) is 4.08. The molecule has 3 aromatic rings. The summed E-state index contributed by atoms with van der Waals surface area (Å²) in [4.78, 5) is 29.2. The highest BCUT2D eigenvalue weighted by Gasteiger charge is 2.18. The van der Waals surface area contributed by atoms with Crippen LogP contribution in [0.2, 0.25) is 0 Å². The van der Waals surface area contributed by atoms with Crippen molar-refractivity contribution in [1.82, 2.24) is 14.9 Å². The molecule has 0 fully saturated rings. The van der Waals surface area contributed by atoms with E-state index in [1.54, 1.807) is 6.07 Å². The molecule has 2 N–H and O–H groups in total. The molecule has 0 radical (unpaired) electrons. The Morgan fingerprint density at radius 1 is 1.04 bits per heavy atom. The van der Waals surface area contributed by atoms with E-state index in [2.05, 4.69) is 15.6 Å². The van der Waals surface area contributed by atoms with E-state index in [4.69, 9.17) is 0 Å². The quantitative estimate of drug-likeness (QED) is 0.760. The highest BCUT2D eigenvalue weighted by Crippen LogP contribution is 2.21. The van der Waals surface area contributed by atoms with E-state index in [1.807, 2.05) is 69.3 Å². The monoisotopic (exact) mass is 350 g/mol. The summed E-state index contributed by atoms with van der Waals surface area (Å²) in [6, 6.07) is 16.5. The van der Waals surface area contributed by atoms with Crippen LogP contribution in [0.4, 0.5) is 10.6 Å². The molecule has 0 unspecified atom stereocenters. The number of nitrogens with zero attached hydrogens (tertiary/aromatic N) is 2. The summed E-state index contributed by atoms with van der Waals surface area (Å²) in [5.74, 6) is 0.436. The van der Waals surface area contributed by atoms with Crippen molar-refractivity contribution in [2.45, 2.75) is 32.9 Å². The van der Waals surface area contributed by atoms with E-state index in [9.17, 15) is 9.59 Å². The normalized spacial score (nSPS) is 11.3. The smallest absolute Gasteiger partial charge is 0.333 e. The number of carbonyl (C=O) groups is 1. The zero-order valence-corrected chi connectivity index (χ0v) is 15.1. The Hall–Kier alpha value is -3.15. The van der Waals surface area contributed by atoms with Crippen molar-refractivity contribution in [3.63, 3.8) is 0 Å². The maximum Gasteiger partial charge on any atom is 0.350 e. The molecule has 134 valence electrons. The number of benzene rings is 2. The van der Waals surface area contributed by atoms with E-state index in [0.29, 0.717) is 23.3 Å². The number of urea groups is 1. The lowest BCUT2D eigenvalue weighted by atomic mass is 10.1. The zero-order chi connectivity index (χ0) is 18.7. The molecule has 0 atom stereocenters. The van der Waals surface area contributed by atoms with Crippen molar-refractivity contribution in [3.8, 4) is 0 Å². The third-order valence-corrected chi connectivity index (χ3v) is 3.78. The molecule has 2 amide bonds. The van der Waals surface area contributed by atoms with Gasteiger partial charge in [-0.1, -0.05) is 42.5 Å². The molecule has 0 saturated carbocycles. The minimum absolute atomic E-state index is 0.322. The first-order chi connectivity index (χ1) is 12.3. The summed E-state index contributed by atoms with van der Waals surface area (Å²) < 4.78 is 1.49. The fraction of sp³-hybridized carbons (Fsp3) is 0.250. The van der Waals surface area contributed by atoms with Crippen molar-refractivity contribution >= 4 is 22.8 Å². The average Bonchev–Trinajstić information content (AvgIpc) is 2.57. The summed E-state index contributed by atoms with van der Waals surface area (Å²) in [6.07, 6.45) is 0. The Labute approximate surface area is 151 Å². The lowest BCUT2D eigenvalue weighted by molar-refractivity contribution is 0.243. The van der Waals surface area contributed by atoms with Crippen molar-refractivity contribution < 1.29 is 4.79 Å². The molecule has 0 aliphatic carbocycles. The number of hydrogen-bond acceptors (Lipinski definition) is 3. The fourth-order valence-electron chi connectivity index (χ4n) is 2.70. The van der Waals surface area contributed by atoms with Gasteiger partial charge in [0.25, 0.3) is 0 Å². The van der Waals surface area contributed by atoms with Crippen molar-refractivity contribution in [2.75, 3.05) is 5.32 Å². The van der Waals surface area contributed by atoms with Gasteiger partial charge in [-0.3, -0.25) is 9.88 Å². The molecule has 0 aliphatic rings. The highest BCUT2D eigenvalue weighted by molar-refractivity contribution is 5.98. The number of fused-ring (bicyclic) bond motifs is 1. The Kier molecular flexibility index (Phi) is 4.75. The van der Waals surface area contributed by atoms with Crippen LogP contribution in [0.3, 0.4) is 0 Å². The first kappa shape index (κ1) is 17.7. The second-order valence-electron chi connectivity index (χ2n) is 7.16. The predicted octanol–water partition coefficient (Wildman–Crippen LogP) is 3.36. The number of carbonyl (C=O) groups excluding carboxylic acids is 1. The molecule has 1 aromatic heterocycles. The minimum atomic E-state index is -0.404. The van der Waals surface area contributed by atoms with Gasteiger partial charge >= 0.3 is 11.7 Å². The lowest BCUT2D eigenvalue weighted by Gasteiger charge is -2.22. The van der Waals surface area contributed by atoms with Gasteiger partial charge in [-0.2, -0.15) is 4.98 Å². The molecule has 6 heteroatoms. The summed E-state index contributed by atoms with van der Waals surface area (Å²) >= 11 is 0. The number of rotatable bonds is 3. The maximum absolute atomic E-state index is 12.6. The Morgan fingerprint density at radius 2 is 1.69 bits per heavy atom. The Balaban J connectivity index is 2.09. The van der Waals surface area contributed by atoms with Gasteiger partial charge in [-0.25, -0.2) is 9.59 Å². The highest BCUT2D eigenvalue weighted by atomic mass is 16.2. The molecular formula is C20H22N4O2. The van der Waals surface area contributed by atoms with Crippen LogP contribution in [-0.4, -0.2) is 21.1 Å². The fourth-order valence-corrected chi connectivity index (χ4v) is 2.70. The van der Waals surface area contributed by atoms with Crippen molar-refractivity contribution in [3.05, 3.63) is 70.6 Å². The molecule has 3 rings (SSSR count). The SMILES string of the molecule is CC(C)(C)NC(=O)Nc1c2ccccc2nc(=O)n1Cc1ccccc1. The van der Waals surface area contributed by atoms with Crippen LogP contribution in [0, 0.1) is 0 Å². The standard InChI is InChI=1S/C20H22N4O2/c1-20(2,3)23-18(25)22-17-15-11-7-8-12-16(15)21-19(26)24(17)13-14-9-5-4-6-10-14/h4-12H,13H2,1-3H3,(H2,22,23,25). The third-order valence-electron chi connectivity index (χ3n) is 3.78. The number of hydrogen-bond donors (Lipinski definition) is 2. The van der Waals surface area contributed by atoms with Crippen LogP contribution in [-0.2, 0) is 6.54 Å². The molecule has 0 aliphatic heterocycles. The van der Waals surface area contributed by atoms with Crippen molar-refractivity contribution in [1.29, 1.82) is 0 Å². The van der Waals surface area contributed by atoms with Crippen molar-refractivity contribution in [2.24, 2.45) is 0 Å². The average molecular weight is 350 g/mol. The van der Waals surface area contributed by atoms with Crippen LogP contribution in [0.5, 0.6) is 0 Å². The van der Waals surface area contributed by atoms with E-state index >= 15 is 0 Å². The molecular weight excluding hydrogens is 328 g/mol. The van der Waals surface area contributed by atoms with Gasteiger partial charge in [0.05, 0.1) is 12.1 Å². The topological polar surface area (TPSA) is 76.0 Å². The second-order valence-corrected chi connectivity index (χ2v) is 7.16. The molecule has 2 aromatic carbocycles. The van der Waals surface area contributed by atoms with Gasteiger partial charge < -0.3 is 5.32 Å². The zero-order valence-electron chi connectivity index (χ0n) is 15.1. The van der Waals surface area contributed by atoms with Crippen LogP contribution in [0.1, 0.15) is 26.3 Å². The first-order valence-corrected chi connectivity index (χ1v) is 8.46. The van der Waals surface area contributed by atoms with Gasteiger partial charge in [0.2, 0.25) is 0 Å². The van der Waals surface area contributed by atoms with Crippen LogP contribution < -0.4 is 16.3 Å². The number of aromatic nitrogens is 2. The molecule has 1 heterocycles. The lowest BCUT2D eigenvalue weighted by Crippen LogP contribution is -2.44. The number of amides is 2. The predicted molar refractivity (Wildman–Crippen MR) is 103 cm³/mol. The minimum Gasteiger partial charge on any atom is -0.333 e. The van der Waals surface area contributed by atoms with E-state index in [-0.39, 0.29) is 6.03 Å². The second kappa shape index (κ2) is 7.00. The van der Waals surface area contributed by atoms with E-state index < -0.39 is 11.2 Å². The van der Waals surface area contributed by atoms with Gasteiger partial charge in [0, 0.05) is 10.9 Å². The number of para-hydroxylation sites is 1. The molecule has 0 bridgehead atoms. The van der Waals surface area contributed by atoms with Crippen LogP contribution >= 0.6 is 0 Å². The molecule has 6 nitrogen and oxygen atoms in total. The van der Waals surface area contributed by atoms with Gasteiger partial charge in [-0.15, -0.1) is 0 Å². The van der Waals surface area contributed by atoms with Gasteiger partial charge in [0.1, 0.15) is 5.82 Å². The van der Waals surface area contributed by atoms with Crippen LogP contribution in [0.25, 0.3) is 10.9 Å². The summed E-state index contributed by atoms with van der Waals surface area (Å²) in [5.41, 5.74) is 0.703. The maximum atomic E-state index is 12.6. The number of anilines is 1. The molecule has 0 saturated heterocycles. The largest absolute Gasteiger partial charge is 0.350 e. The molecule has 26 heavy (non-hydrogen) atoms. The molecule has 0 spiro atoms. The number of nitrogens with one attached hydrogen (secondary N) is 2. The first-order valence-electron chi connectivity index (χ1n) is 8.46. The van der Waals surface area contributed by atoms with Crippen LogP contribution in [0.15, 0.2) is 59.4 Å². The van der Waals surface area contributed by atoms with Gasteiger partial charge in [0.15, 0.2) is 0 Å². The van der Waals surface area contributed by atoms with Gasteiger partial charge in [-0.05, 0) is 38.5 Å².